The molecule has 0 spiro atoms. The fourth-order valence-corrected chi connectivity index (χ4v) is 3.27. The lowest BCUT2D eigenvalue weighted by Gasteiger charge is -2.11. The summed E-state index contributed by atoms with van der Waals surface area (Å²) >= 11 is 0. The number of nitrogens with zero attached hydrogens (tertiary/aromatic N) is 2. The van der Waals surface area contributed by atoms with E-state index in [1.165, 1.54) is 24.5 Å². The summed E-state index contributed by atoms with van der Waals surface area (Å²) in [6, 6.07) is 8.68. The van der Waals surface area contributed by atoms with Gasteiger partial charge in [-0.25, -0.2) is 4.98 Å². The minimum atomic E-state index is -0.221. The summed E-state index contributed by atoms with van der Waals surface area (Å²) in [7, 11) is 1.53. The van der Waals surface area contributed by atoms with Crippen LogP contribution < -0.4 is 15.6 Å². The minimum Gasteiger partial charge on any atom is -0.496 e. The summed E-state index contributed by atoms with van der Waals surface area (Å²) in [6.45, 7) is 0.735. The molecule has 1 aliphatic rings. The highest BCUT2D eigenvalue weighted by Gasteiger charge is 2.19. The van der Waals surface area contributed by atoms with Gasteiger partial charge in [0.15, 0.2) is 0 Å². The van der Waals surface area contributed by atoms with Crippen molar-refractivity contribution >= 4 is 5.91 Å². The molecule has 1 aromatic heterocycles. The topological polar surface area (TPSA) is 73.2 Å². The molecule has 0 saturated heterocycles. The van der Waals surface area contributed by atoms with Crippen molar-refractivity contribution in [1.82, 2.24) is 14.9 Å². The highest BCUT2D eigenvalue weighted by atomic mass is 16.5. The van der Waals surface area contributed by atoms with E-state index in [-0.39, 0.29) is 11.5 Å². The molecule has 0 radical (unpaired) electrons. The van der Waals surface area contributed by atoms with Gasteiger partial charge in [0.25, 0.3) is 11.5 Å². The summed E-state index contributed by atoms with van der Waals surface area (Å²) in [6.07, 6.45) is 6.25. The zero-order valence-electron chi connectivity index (χ0n) is 14.4. The van der Waals surface area contributed by atoms with Gasteiger partial charge in [-0.3, -0.25) is 14.2 Å². The van der Waals surface area contributed by atoms with Gasteiger partial charge in [0.1, 0.15) is 5.75 Å². The Hall–Kier alpha value is -2.63. The lowest BCUT2D eigenvalue weighted by molar-refractivity contribution is 0.0949. The predicted molar refractivity (Wildman–Crippen MR) is 95.0 cm³/mol. The van der Waals surface area contributed by atoms with E-state index in [2.05, 4.69) is 10.3 Å². The van der Waals surface area contributed by atoms with Crippen LogP contribution in [0.5, 0.6) is 5.75 Å². The van der Waals surface area contributed by atoms with Gasteiger partial charge in [-0.15, -0.1) is 0 Å². The minimum absolute atomic E-state index is 0.0663. The third-order valence-electron chi connectivity index (χ3n) is 4.66. The summed E-state index contributed by atoms with van der Waals surface area (Å²) < 4.78 is 6.71. The van der Waals surface area contributed by atoms with Crippen LogP contribution in [0.1, 0.15) is 47.7 Å². The SMILES string of the molecule is COc1ccccc1C(=O)NCCn1cnc(C2CCCC2)cc1=O. The molecular formula is C19H23N3O3. The van der Waals surface area contributed by atoms with Crippen LogP contribution in [0.4, 0.5) is 0 Å². The van der Waals surface area contributed by atoms with Crippen LogP contribution in [0.25, 0.3) is 0 Å². The van der Waals surface area contributed by atoms with Gasteiger partial charge in [-0.2, -0.15) is 0 Å². The third-order valence-corrected chi connectivity index (χ3v) is 4.66. The normalized spacial score (nSPS) is 14.4. The van der Waals surface area contributed by atoms with Crippen molar-refractivity contribution in [3.63, 3.8) is 0 Å². The van der Waals surface area contributed by atoms with Gasteiger partial charge < -0.3 is 10.1 Å². The lowest BCUT2D eigenvalue weighted by atomic mass is 10.0. The summed E-state index contributed by atoms with van der Waals surface area (Å²) in [4.78, 5) is 28.9. The largest absolute Gasteiger partial charge is 0.496 e. The molecular weight excluding hydrogens is 318 g/mol. The predicted octanol–water partition coefficient (Wildman–Crippen LogP) is 2.34. The molecule has 0 bridgehead atoms. The number of benzene rings is 1. The van der Waals surface area contributed by atoms with Crippen LogP contribution in [0, 0.1) is 0 Å². The van der Waals surface area contributed by atoms with E-state index in [4.69, 9.17) is 4.74 Å². The number of amides is 1. The van der Waals surface area contributed by atoms with Crippen molar-refractivity contribution in [2.75, 3.05) is 13.7 Å². The first-order valence-corrected chi connectivity index (χ1v) is 8.66. The molecule has 1 aromatic carbocycles. The van der Waals surface area contributed by atoms with Gasteiger partial charge in [0.2, 0.25) is 0 Å². The van der Waals surface area contributed by atoms with Crippen LogP contribution in [-0.2, 0) is 6.54 Å². The Morgan fingerprint density at radius 2 is 2.08 bits per heavy atom. The quantitative estimate of drug-likeness (QED) is 0.875. The van der Waals surface area contributed by atoms with Crippen molar-refractivity contribution in [3.8, 4) is 5.75 Å². The molecule has 0 atom stereocenters. The number of carbonyl (C=O) groups excluding carboxylic acids is 1. The Kier molecular flexibility index (Phi) is 5.48. The summed E-state index contributed by atoms with van der Waals surface area (Å²) in [5, 5.41) is 2.81. The van der Waals surface area contributed by atoms with Crippen molar-refractivity contribution in [2.24, 2.45) is 0 Å². The molecule has 1 saturated carbocycles. The molecule has 25 heavy (non-hydrogen) atoms. The van der Waals surface area contributed by atoms with Crippen LogP contribution in [-0.4, -0.2) is 29.1 Å². The first-order chi connectivity index (χ1) is 12.2. The Balaban J connectivity index is 1.58. The molecule has 132 valence electrons. The molecule has 3 rings (SSSR count). The number of ether oxygens (including phenoxy) is 1. The van der Waals surface area contributed by atoms with Crippen molar-refractivity contribution in [3.05, 3.63) is 58.3 Å². The molecule has 6 nitrogen and oxygen atoms in total. The fraction of sp³-hybridized carbons (Fsp3) is 0.421. The van der Waals surface area contributed by atoms with E-state index in [0.717, 1.165) is 18.5 Å². The number of methoxy groups -OCH3 is 1. The lowest BCUT2D eigenvalue weighted by Crippen LogP contribution is -2.31. The zero-order valence-corrected chi connectivity index (χ0v) is 14.4. The molecule has 1 heterocycles. The average molecular weight is 341 g/mol. The van der Waals surface area contributed by atoms with E-state index < -0.39 is 0 Å². The number of para-hydroxylation sites is 1. The zero-order chi connectivity index (χ0) is 17.6. The van der Waals surface area contributed by atoms with Gasteiger partial charge in [-0.1, -0.05) is 25.0 Å². The van der Waals surface area contributed by atoms with E-state index >= 15 is 0 Å². The van der Waals surface area contributed by atoms with Crippen molar-refractivity contribution < 1.29 is 9.53 Å². The first-order valence-electron chi connectivity index (χ1n) is 8.66. The highest BCUT2D eigenvalue weighted by Crippen LogP contribution is 2.32. The second kappa shape index (κ2) is 7.96. The van der Waals surface area contributed by atoms with E-state index in [1.54, 1.807) is 30.6 Å². The number of rotatable bonds is 6. The van der Waals surface area contributed by atoms with Crippen LogP contribution in [0.2, 0.25) is 0 Å². The number of hydrogen-bond donors (Lipinski definition) is 1. The average Bonchev–Trinajstić information content (AvgIpc) is 3.17. The molecule has 2 aromatic rings. The molecule has 6 heteroatoms. The maximum atomic E-state index is 12.2. The maximum Gasteiger partial charge on any atom is 0.255 e. The Bertz CT molecular complexity index is 794. The van der Waals surface area contributed by atoms with Gasteiger partial charge in [0, 0.05) is 25.1 Å². The first kappa shape index (κ1) is 17.2. The van der Waals surface area contributed by atoms with Gasteiger partial charge in [0.05, 0.1) is 24.7 Å². The van der Waals surface area contributed by atoms with Gasteiger partial charge in [-0.05, 0) is 25.0 Å². The monoisotopic (exact) mass is 341 g/mol. The summed E-state index contributed by atoms with van der Waals surface area (Å²) in [5.74, 6) is 0.730. The standard InChI is InChI=1S/C19H23N3O3/c1-25-17-9-5-4-8-15(17)19(24)20-10-11-22-13-21-16(12-18(22)23)14-6-2-3-7-14/h4-5,8-9,12-14H,2-3,6-7,10-11H2,1H3,(H,20,24). The van der Waals surface area contributed by atoms with Crippen LogP contribution in [0.15, 0.2) is 41.5 Å². The van der Waals surface area contributed by atoms with E-state index in [9.17, 15) is 9.59 Å². The smallest absolute Gasteiger partial charge is 0.255 e. The van der Waals surface area contributed by atoms with Crippen molar-refractivity contribution in [1.29, 1.82) is 0 Å². The number of carbonyl (C=O) groups is 1. The summed E-state index contributed by atoms with van der Waals surface area (Å²) in [5.41, 5.74) is 1.31. The molecule has 1 amide bonds. The Morgan fingerprint density at radius 3 is 2.80 bits per heavy atom. The van der Waals surface area contributed by atoms with Crippen LogP contribution >= 0.6 is 0 Å². The molecule has 0 aliphatic heterocycles. The fourth-order valence-electron chi connectivity index (χ4n) is 3.27. The van der Waals surface area contributed by atoms with E-state index in [0.29, 0.717) is 30.3 Å². The molecule has 1 fully saturated rings. The molecule has 1 N–H and O–H groups in total. The Labute approximate surface area is 146 Å². The Morgan fingerprint density at radius 1 is 1.32 bits per heavy atom. The number of hydrogen-bond acceptors (Lipinski definition) is 4. The molecule has 0 unspecified atom stereocenters. The third kappa shape index (κ3) is 4.07. The number of nitrogens with one attached hydrogen (secondary N) is 1. The van der Waals surface area contributed by atoms with Crippen LogP contribution in [0.3, 0.4) is 0 Å². The molecule has 1 aliphatic carbocycles. The second-order valence-electron chi connectivity index (χ2n) is 6.28. The van der Waals surface area contributed by atoms with Gasteiger partial charge >= 0.3 is 0 Å². The van der Waals surface area contributed by atoms with Crippen molar-refractivity contribution in [2.45, 2.75) is 38.1 Å². The second-order valence-corrected chi connectivity index (χ2v) is 6.28. The maximum absolute atomic E-state index is 12.2. The number of aromatic nitrogens is 2. The highest BCUT2D eigenvalue weighted by molar-refractivity contribution is 5.96. The van der Waals surface area contributed by atoms with E-state index in [1.807, 2.05) is 6.07 Å².